The van der Waals surface area contributed by atoms with Crippen molar-refractivity contribution >= 4 is 18.5 Å². The molecule has 4 heteroatoms. The van der Waals surface area contributed by atoms with E-state index in [1.807, 2.05) is 13.8 Å². The molecule has 0 amide bonds. The Morgan fingerprint density at radius 1 is 0.513 bits per heavy atom. The van der Waals surface area contributed by atoms with Crippen LogP contribution in [0.25, 0.3) is 0 Å². The minimum Gasteiger partial charge on any atom is -0.343 e. The van der Waals surface area contributed by atoms with Crippen molar-refractivity contribution in [3.8, 4) is 0 Å². The normalized spacial score (nSPS) is 19.3. The summed E-state index contributed by atoms with van der Waals surface area (Å²) in [5.41, 5.74) is 9.63. The molecule has 2 nitrogen and oxygen atoms in total. The third kappa shape index (κ3) is 5.26. The molecule has 1 aliphatic heterocycles. The van der Waals surface area contributed by atoms with Crippen LogP contribution < -0.4 is 0 Å². The molecule has 4 atom stereocenters. The molecule has 4 aromatic carbocycles. The zero-order chi connectivity index (χ0) is 28.0. The Kier molecular flexibility index (Phi) is 7.64. The highest BCUT2D eigenvalue weighted by molar-refractivity contribution is 7.19. The van der Waals surface area contributed by atoms with E-state index in [0.29, 0.717) is 0 Å². The molecule has 1 aliphatic rings. The lowest BCUT2D eigenvalue weighted by atomic mass is 9.75. The molecule has 1 saturated heterocycles. The predicted molar refractivity (Wildman–Crippen MR) is 170 cm³/mol. The van der Waals surface area contributed by atoms with Gasteiger partial charge >= 0.3 is 0 Å². The molecule has 0 radical (unpaired) electrons. The average molecular weight is 555 g/mol. The van der Waals surface area contributed by atoms with Crippen molar-refractivity contribution in [1.29, 1.82) is 0 Å². The molecule has 0 spiro atoms. The molecule has 39 heavy (non-hydrogen) atoms. The van der Waals surface area contributed by atoms with Gasteiger partial charge in [-0.2, -0.15) is 0 Å². The van der Waals surface area contributed by atoms with Crippen LogP contribution in [0.2, 0.25) is 0 Å². The van der Waals surface area contributed by atoms with Gasteiger partial charge in [-0.1, -0.05) is 119 Å². The van der Waals surface area contributed by atoms with Crippen molar-refractivity contribution in [2.24, 2.45) is 0 Å². The van der Waals surface area contributed by atoms with Gasteiger partial charge in [-0.05, 0) is 63.8 Å². The summed E-state index contributed by atoms with van der Waals surface area (Å²) in [6.07, 6.45) is -0.640. The monoisotopic (exact) mass is 554 g/mol. The van der Waals surface area contributed by atoms with Crippen molar-refractivity contribution in [3.05, 3.63) is 142 Å². The first-order valence-corrected chi connectivity index (χ1v) is 14.8. The van der Waals surface area contributed by atoms with Gasteiger partial charge in [0.05, 0.1) is 10.3 Å². The van der Waals surface area contributed by atoms with E-state index in [0.717, 1.165) is 0 Å². The van der Waals surface area contributed by atoms with Crippen LogP contribution in [0.15, 0.2) is 97.1 Å². The number of ether oxygens (including phenoxy) is 2. The predicted octanol–water partition coefficient (Wildman–Crippen LogP) is 8.38. The largest absolute Gasteiger partial charge is 0.343 e. The average Bonchev–Trinajstić information content (AvgIpc) is 3.24. The summed E-state index contributed by atoms with van der Waals surface area (Å²) >= 11 is 0. The summed E-state index contributed by atoms with van der Waals surface area (Å²) in [5.74, 6) is -0.778. The molecule has 2 unspecified atom stereocenters. The molecular formula is C35H40O2P2. The van der Waals surface area contributed by atoms with Gasteiger partial charge in [0.15, 0.2) is 5.79 Å². The first-order chi connectivity index (χ1) is 18.4. The van der Waals surface area contributed by atoms with Crippen LogP contribution in [0.1, 0.15) is 58.4 Å². The van der Waals surface area contributed by atoms with E-state index in [1.54, 1.807) is 0 Å². The van der Waals surface area contributed by atoms with E-state index in [9.17, 15) is 0 Å². The van der Waals surface area contributed by atoms with Crippen molar-refractivity contribution in [2.75, 3.05) is 0 Å². The standard InChI is InChI=1S/C35H40O2P2/c1-23-11-7-15-27(19-23)34(38,28-16-8-12-24(2)20-28)31-32(37-33(5,6)36-31)35(39,29-17-9-13-25(3)21-29)30-18-10-14-26(4)22-30/h7-22,31-32H,38-39H2,1-6H3/t31-,32-/m1/s1. The zero-order valence-corrected chi connectivity index (χ0v) is 26.2. The van der Waals surface area contributed by atoms with E-state index >= 15 is 0 Å². The molecular weight excluding hydrogens is 514 g/mol. The number of aryl methyl sites for hydroxylation is 4. The second-order valence-corrected chi connectivity index (χ2v) is 13.5. The number of rotatable bonds is 6. The molecule has 202 valence electrons. The van der Waals surface area contributed by atoms with Gasteiger partial charge < -0.3 is 9.47 Å². The summed E-state index contributed by atoms with van der Waals surface area (Å²) in [4.78, 5) is 0. The summed E-state index contributed by atoms with van der Waals surface area (Å²) in [5, 5.41) is -1.13. The fourth-order valence-corrected chi connectivity index (χ4v) is 7.23. The van der Waals surface area contributed by atoms with Crippen molar-refractivity contribution < 1.29 is 9.47 Å². The molecule has 0 N–H and O–H groups in total. The Morgan fingerprint density at radius 2 is 0.769 bits per heavy atom. The first-order valence-electron chi connectivity index (χ1n) is 13.7. The summed E-state index contributed by atoms with van der Waals surface area (Å²) in [7, 11) is 6.45. The summed E-state index contributed by atoms with van der Waals surface area (Å²) in [6, 6.07) is 35.2. The van der Waals surface area contributed by atoms with Gasteiger partial charge in [0.1, 0.15) is 12.2 Å². The lowest BCUT2D eigenvalue weighted by Crippen LogP contribution is -2.50. The van der Waals surface area contributed by atoms with E-state index in [1.165, 1.54) is 44.5 Å². The summed E-state index contributed by atoms with van der Waals surface area (Å²) in [6.45, 7) is 12.7. The second kappa shape index (κ2) is 10.6. The maximum absolute atomic E-state index is 7.01. The Balaban J connectivity index is 1.80. The molecule has 0 saturated carbocycles. The third-order valence-electron chi connectivity index (χ3n) is 7.98. The van der Waals surface area contributed by atoms with Crippen LogP contribution in [-0.4, -0.2) is 18.0 Å². The third-order valence-corrected chi connectivity index (χ3v) is 9.97. The van der Waals surface area contributed by atoms with Crippen LogP contribution in [0.3, 0.4) is 0 Å². The van der Waals surface area contributed by atoms with E-state index in [2.05, 4.69) is 143 Å². The topological polar surface area (TPSA) is 18.5 Å². The molecule has 4 aromatic rings. The SMILES string of the molecule is Cc1cccc(C(P)(c2cccc(C)c2)[C@@H]2OC(C)(C)O[C@H]2C(P)(c2cccc(C)c2)c2cccc(C)c2)c1. The van der Waals surface area contributed by atoms with Crippen molar-refractivity contribution in [3.63, 3.8) is 0 Å². The van der Waals surface area contributed by atoms with Crippen LogP contribution in [0.5, 0.6) is 0 Å². The van der Waals surface area contributed by atoms with Crippen molar-refractivity contribution in [2.45, 2.75) is 69.8 Å². The maximum atomic E-state index is 7.01. The lowest BCUT2D eigenvalue weighted by molar-refractivity contribution is -0.150. The maximum Gasteiger partial charge on any atom is 0.163 e. The van der Waals surface area contributed by atoms with E-state index in [-0.39, 0.29) is 12.2 Å². The Labute approximate surface area is 238 Å². The first kappa shape index (κ1) is 28.2. The fraction of sp³-hybridized carbons (Fsp3) is 0.314. The molecule has 5 rings (SSSR count). The zero-order valence-electron chi connectivity index (χ0n) is 23.9. The van der Waals surface area contributed by atoms with Gasteiger partial charge in [0.25, 0.3) is 0 Å². The molecule has 0 aliphatic carbocycles. The molecule has 0 bridgehead atoms. The number of benzene rings is 4. The Hall–Kier alpha value is -2.34. The Morgan fingerprint density at radius 3 is 1.00 bits per heavy atom. The highest BCUT2D eigenvalue weighted by Crippen LogP contribution is 2.57. The van der Waals surface area contributed by atoms with E-state index in [4.69, 9.17) is 9.47 Å². The highest BCUT2D eigenvalue weighted by atomic mass is 31.0. The number of hydrogen-bond acceptors (Lipinski definition) is 2. The number of hydrogen-bond donors (Lipinski definition) is 0. The lowest BCUT2D eigenvalue weighted by Gasteiger charge is -2.44. The molecule has 0 aromatic heterocycles. The second-order valence-electron chi connectivity index (χ2n) is 11.7. The van der Waals surface area contributed by atoms with Gasteiger partial charge in [-0.25, -0.2) is 0 Å². The molecule has 1 heterocycles. The van der Waals surface area contributed by atoms with Gasteiger partial charge in [0.2, 0.25) is 0 Å². The van der Waals surface area contributed by atoms with Crippen LogP contribution in [-0.2, 0) is 19.8 Å². The Bertz CT molecular complexity index is 1290. The van der Waals surface area contributed by atoms with Gasteiger partial charge in [-0.3, -0.25) is 0 Å². The minimum atomic E-state index is -0.778. The van der Waals surface area contributed by atoms with Gasteiger partial charge in [0, 0.05) is 0 Å². The minimum absolute atomic E-state index is 0.320. The van der Waals surface area contributed by atoms with Crippen LogP contribution >= 0.6 is 18.5 Å². The van der Waals surface area contributed by atoms with Crippen LogP contribution in [0, 0.1) is 27.7 Å². The van der Waals surface area contributed by atoms with Gasteiger partial charge in [-0.15, -0.1) is 18.5 Å². The smallest absolute Gasteiger partial charge is 0.163 e. The molecule has 1 fully saturated rings. The van der Waals surface area contributed by atoms with Crippen LogP contribution in [0.4, 0.5) is 0 Å². The fourth-order valence-electron chi connectivity index (χ4n) is 6.03. The van der Waals surface area contributed by atoms with Crippen molar-refractivity contribution in [1.82, 2.24) is 0 Å². The van der Waals surface area contributed by atoms with E-state index < -0.39 is 16.1 Å². The highest BCUT2D eigenvalue weighted by Gasteiger charge is 2.59. The summed E-state index contributed by atoms with van der Waals surface area (Å²) < 4.78 is 14.0. The quantitative estimate of drug-likeness (QED) is 0.223.